The molecule has 0 aromatic carbocycles. The lowest BCUT2D eigenvalue weighted by atomic mass is 9.83. The molecule has 1 aliphatic carbocycles. The maximum Gasteiger partial charge on any atom is 0.239 e. The van der Waals surface area contributed by atoms with Crippen LogP contribution >= 0.6 is 12.4 Å². The number of hydrogen-bond acceptors (Lipinski definition) is 4. The van der Waals surface area contributed by atoms with Gasteiger partial charge in [-0.05, 0) is 37.5 Å². The number of amides is 2. The monoisotopic (exact) mass is 363 g/mol. The normalized spacial score (nSPS) is 17.2. The van der Waals surface area contributed by atoms with Gasteiger partial charge in [0.15, 0.2) is 0 Å². The first-order valence-electron chi connectivity index (χ1n) is 8.78. The SMILES string of the molecule is CCOCCC1(CNC(=O)CNC(=O)[C@@H](N)C(C)C)CCCC1.Cl. The standard InChI is InChI=1S/C17H33N3O3.ClH/c1-4-23-10-9-17(7-5-6-8-17)12-20-14(21)11-19-16(22)15(18)13(2)3;/h13,15H,4-12,18H2,1-3H3,(H,19,22)(H,20,21);1H/t15-;/m0./s1. The van der Waals surface area contributed by atoms with Crippen molar-refractivity contribution in [3.8, 4) is 0 Å². The predicted molar refractivity (Wildman–Crippen MR) is 98.1 cm³/mol. The van der Waals surface area contributed by atoms with Gasteiger partial charge in [0.25, 0.3) is 0 Å². The molecular formula is C17H34ClN3O3. The second kappa shape index (κ2) is 11.7. The van der Waals surface area contributed by atoms with Crippen LogP contribution in [0.25, 0.3) is 0 Å². The summed E-state index contributed by atoms with van der Waals surface area (Å²) in [7, 11) is 0. The molecule has 7 heteroatoms. The van der Waals surface area contributed by atoms with E-state index in [1.54, 1.807) is 0 Å². The molecule has 24 heavy (non-hydrogen) atoms. The molecule has 1 saturated carbocycles. The second-order valence-corrected chi connectivity index (χ2v) is 6.92. The highest BCUT2D eigenvalue weighted by Crippen LogP contribution is 2.40. The lowest BCUT2D eigenvalue weighted by Crippen LogP contribution is -2.48. The van der Waals surface area contributed by atoms with Gasteiger partial charge in [-0.2, -0.15) is 0 Å². The Hall–Kier alpha value is -0.850. The van der Waals surface area contributed by atoms with Crippen LogP contribution in [0.5, 0.6) is 0 Å². The minimum absolute atomic E-state index is 0. The van der Waals surface area contributed by atoms with Gasteiger partial charge in [-0.15, -0.1) is 12.4 Å². The van der Waals surface area contributed by atoms with E-state index in [0.29, 0.717) is 6.54 Å². The van der Waals surface area contributed by atoms with Crippen LogP contribution < -0.4 is 16.4 Å². The van der Waals surface area contributed by atoms with Crippen molar-refractivity contribution < 1.29 is 14.3 Å². The largest absolute Gasteiger partial charge is 0.382 e. The predicted octanol–water partition coefficient (Wildman–Crippen LogP) is 1.61. The summed E-state index contributed by atoms with van der Waals surface area (Å²) in [6, 6.07) is -0.574. The first-order chi connectivity index (χ1) is 10.9. The number of ether oxygens (including phenoxy) is 1. The zero-order valence-electron chi connectivity index (χ0n) is 15.2. The smallest absolute Gasteiger partial charge is 0.239 e. The number of carbonyl (C=O) groups excluding carboxylic acids is 2. The summed E-state index contributed by atoms with van der Waals surface area (Å²) in [4.78, 5) is 23.7. The van der Waals surface area contributed by atoms with E-state index < -0.39 is 6.04 Å². The molecular weight excluding hydrogens is 330 g/mol. The summed E-state index contributed by atoms with van der Waals surface area (Å²) in [5, 5.41) is 5.57. The molecule has 0 heterocycles. The molecule has 1 atom stereocenters. The van der Waals surface area contributed by atoms with Crippen molar-refractivity contribution >= 4 is 24.2 Å². The number of carbonyl (C=O) groups is 2. The van der Waals surface area contributed by atoms with Crippen molar-refractivity contribution in [1.29, 1.82) is 0 Å². The summed E-state index contributed by atoms with van der Waals surface area (Å²) >= 11 is 0. The van der Waals surface area contributed by atoms with Gasteiger partial charge in [0, 0.05) is 19.8 Å². The Labute approximate surface area is 152 Å². The van der Waals surface area contributed by atoms with E-state index in [4.69, 9.17) is 10.5 Å². The molecule has 142 valence electrons. The van der Waals surface area contributed by atoms with Crippen LogP contribution in [0.1, 0.15) is 52.9 Å². The number of hydrogen-bond donors (Lipinski definition) is 3. The summed E-state index contributed by atoms with van der Waals surface area (Å²) in [5.41, 5.74) is 5.91. The van der Waals surface area contributed by atoms with Gasteiger partial charge in [0.1, 0.15) is 0 Å². The highest BCUT2D eigenvalue weighted by Gasteiger charge is 2.33. The minimum Gasteiger partial charge on any atom is -0.382 e. The van der Waals surface area contributed by atoms with E-state index in [-0.39, 0.29) is 42.1 Å². The number of halogens is 1. The summed E-state index contributed by atoms with van der Waals surface area (Å²) < 4.78 is 5.47. The Morgan fingerprint density at radius 2 is 1.83 bits per heavy atom. The quantitative estimate of drug-likeness (QED) is 0.514. The fourth-order valence-corrected chi connectivity index (χ4v) is 3.01. The van der Waals surface area contributed by atoms with Gasteiger partial charge in [-0.1, -0.05) is 26.7 Å². The highest BCUT2D eigenvalue weighted by atomic mass is 35.5. The minimum atomic E-state index is -0.574. The fourth-order valence-electron chi connectivity index (χ4n) is 3.01. The van der Waals surface area contributed by atoms with E-state index in [9.17, 15) is 9.59 Å². The van der Waals surface area contributed by atoms with E-state index in [0.717, 1.165) is 32.5 Å². The van der Waals surface area contributed by atoms with Crippen molar-refractivity contribution in [1.82, 2.24) is 10.6 Å². The van der Waals surface area contributed by atoms with E-state index in [1.807, 2.05) is 20.8 Å². The molecule has 1 rings (SSSR count). The Balaban J connectivity index is 0.00000529. The Kier molecular flexibility index (Phi) is 11.2. The van der Waals surface area contributed by atoms with Gasteiger partial charge in [-0.25, -0.2) is 0 Å². The fraction of sp³-hybridized carbons (Fsp3) is 0.882. The van der Waals surface area contributed by atoms with Gasteiger partial charge in [0.05, 0.1) is 12.6 Å². The zero-order chi connectivity index (χ0) is 17.3. The average Bonchev–Trinajstić information content (AvgIpc) is 2.99. The number of nitrogens with one attached hydrogen (secondary N) is 2. The van der Waals surface area contributed by atoms with Gasteiger partial charge >= 0.3 is 0 Å². The van der Waals surface area contributed by atoms with Crippen LogP contribution in [0.15, 0.2) is 0 Å². The van der Waals surface area contributed by atoms with Crippen molar-refractivity contribution in [2.45, 2.75) is 58.9 Å². The van der Waals surface area contributed by atoms with Crippen LogP contribution in [-0.4, -0.2) is 44.2 Å². The van der Waals surface area contributed by atoms with Crippen LogP contribution in [0.4, 0.5) is 0 Å². The van der Waals surface area contributed by atoms with Gasteiger partial charge in [-0.3, -0.25) is 9.59 Å². The summed E-state index contributed by atoms with van der Waals surface area (Å²) in [6.45, 7) is 7.87. The molecule has 0 saturated heterocycles. The molecule has 1 aliphatic rings. The first-order valence-corrected chi connectivity index (χ1v) is 8.78. The molecule has 0 aromatic heterocycles. The van der Waals surface area contributed by atoms with Crippen LogP contribution in [0.3, 0.4) is 0 Å². The van der Waals surface area contributed by atoms with Crippen molar-refractivity contribution in [2.24, 2.45) is 17.1 Å². The maximum absolute atomic E-state index is 12.0. The lowest BCUT2D eigenvalue weighted by Gasteiger charge is -2.29. The zero-order valence-corrected chi connectivity index (χ0v) is 16.0. The molecule has 6 nitrogen and oxygen atoms in total. The third-order valence-corrected chi connectivity index (χ3v) is 4.75. The van der Waals surface area contributed by atoms with Crippen molar-refractivity contribution in [2.75, 3.05) is 26.3 Å². The van der Waals surface area contributed by atoms with Crippen molar-refractivity contribution in [3.05, 3.63) is 0 Å². The Morgan fingerprint density at radius 1 is 1.21 bits per heavy atom. The molecule has 4 N–H and O–H groups in total. The third-order valence-electron chi connectivity index (χ3n) is 4.75. The second-order valence-electron chi connectivity index (χ2n) is 6.92. The molecule has 2 amide bonds. The Morgan fingerprint density at radius 3 is 2.38 bits per heavy atom. The van der Waals surface area contributed by atoms with Gasteiger partial charge in [0.2, 0.25) is 11.8 Å². The topological polar surface area (TPSA) is 93.5 Å². The van der Waals surface area contributed by atoms with E-state index in [2.05, 4.69) is 10.6 Å². The molecule has 0 aromatic rings. The van der Waals surface area contributed by atoms with E-state index in [1.165, 1.54) is 12.8 Å². The van der Waals surface area contributed by atoms with Crippen LogP contribution in [0.2, 0.25) is 0 Å². The number of rotatable bonds is 10. The molecule has 0 spiro atoms. The average molecular weight is 364 g/mol. The molecule has 1 fully saturated rings. The number of nitrogens with two attached hydrogens (primary N) is 1. The summed E-state index contributed by atoms with van der Waals surface area (Å²) in [5.74, 6) is -0.377. The van der Waals surface area contributed by atoms with Gasteiger partial charge < -0.3 is 21.1 Å². The lowest BCUT2D eigenvalue weighted by molar-refractivity contribution is -0.127. The molecule has 0 bridgehead atoms. The molecule has 0 radical (unpaired) electrons. The van der Waals surface area contributed by atoms with Crippen molar-refractivity contribution in [3.63, 3.8) is 0 Å². The van der Waals surface area contributed by atoms with Crippen LogP contribution in [0, 0.1) is 11.3 Å². The maximum atomic E-state index is 12.0. The molecule has 0 unspecified atom stereocenters. The van der Waals surface area contributed by atoms with Crippen LogP contribution in [-0.2, 0) is 14.3 Å². The third kappa shape index (κ3) is 7.81. The van der Waals surface area contributed by atoms with E-state index >= 15 is 0 Å². The summed E-state index contributed by atoms with van der Waals surface area (Å²) in [6.07, 6.45) is 5.66. The first kappa shape index (κ1) is 23.1. The molecule has 0 aliphatic heterocycles. The highest BCUT2D eigenvalue weighted by molar-refractivity contribution is 5.87. The Bertz CT molecular complexity index is 385.